The molecule has 0 unspecified atom stereocenters. The van der Waals surface area contributed by atoms with Crippen LogP contribution < -0.4 is 11.1 Å². The Morgan fingerprint density at radius 2 is 2.19 bits per heavy atom. The smallest absolute Gasteiger partial charge is 0.287 e. The van der Waals surface area contributed by atoms with E-state index in [-0.39, 0.29) is 5.91 Å². The maximum atomic E-state index is 12.1. The number of benzene rings is 1. The Labute approximate surface area is 154 Å². The predicted octanol–water partition coefficient (Wildman–Crippen LogP) is 1.75. The van der Waals surface area contributed by atoms with E-state index in [1.807, 2.05) is 24.3 Å². The van der Waals surface area contributed by atoms with Crippen LogP contribution in [0, 0.1) is 11.8 Å². The van der Waals surface area contributed by atoms with Gasteiger partial charge in [0.25, 0.3) is 5.91 Å². The number of anilines is 1. The Bertz CT molecular complexity index is 1150. The number of imidazole rings is 2. The SMILES string of the molecule is Nc1ccnn2c(C#CCCCNC(=O)c3nc4ccccc4[nH]3)cnc12. The molecule has 0 aliphatic rings. The molecule has 0 saturated heterocycles. The second-order valence-corrected chi connectivity index (χ2v) is 5.93. The molecule has 3 heterocycles. The van der Waals surface area contributed by atoms with Gasteiger partial charge in [0.15, 0.2) is 11.5 Å². The number of unbranched alkanes of at least 4 members (excludes halogenated alkanes) is 1. The average Bonchev–Trinajstić information content (AvgIpc) is 3.29. The Balaban J connectivity index is 1.30. The molecule has 134 valence electrons. The number of carbonyl (C=O) groups excluding carboxylic acids is 1. The number of nitrogens with zero attached hydrogens (tertiary/aromatic N) is 4. The topological polar surface area (TPSA) is 114 Å². The van der Waals surface area contributed by atoms with Crippen molar-refractivity contribution in [3.8, 4) is 11.8 Å². The van der Waals surface area contributed by atoms with Crippen molar-refractivity contribution in [2.45, 2.75) is 12.8 Å². The van der Waals surface area contributed by atoms with Gasteiger partial charge in [0.2, 0.25) is 0 Å². The first kappa shape index (κ1) is 16.6. The highest BCUT2D eigenvalue weighted by Crippen LogP contribution is 2.11. The van der Waals surface area contributed by atoms with Crippen molar-refractivity contribution in [3.63, 3.8) is 0 Å². The van der Waals surface area contributed by atoms with E-state index in [1.54, 1.807) is 23.0 Å². The molecule has 4 rings (SSSR count). The molecule has 27 heavy (non-hydrogen) atoms. The second-order valence-electron chi connectivity index (χ2n) is 5.93. The van der Waals surface area contributed by atoms with Crippen LogP contribution in [0.4, 0.5) is 5.69 Å². The van der Waals surface area contributed by atoms with Crippen LogP contribution >= 0.6 is 0 Å². The quantitative estimate of drug-likeness (QED) is 0.379. The number of rotatable bonds is 4. The summed E-state index contributed by atoms with van der Waals surface area (Å²) in [7, 11) is 0. The number of nitrogens with two attached hydrogens (primary N) is 1. The van der Waals surface area contributed by atoms with E-state index in [1.165, 1.54) is 0 Å². The Morgan fingerprint density at radius 1 is 1.30 bits per heavy atom. The molecule has 0 atom stereocenters. The molecule has 0 saturated carbocycles. The first-order chi connectivity index (χ1) is 13.2. The number of fused-ring (bicyclic) bond motifs is 2. The summed E-state index contributed by atoms with van der Waals surface area (Å²) >= 11 is 0. The van der Waals surface area contributed by atoms with Crippen LogP contribution in [-0.2, 0) is 0 Å². The molecule has 1 aromatic carbocycles. The van der Waals surface area contributed by atoms with Gasteiger partial charge in [-0.15, -0.1) is 0 Å². The first-order valence-corrected chi connectivity index (χ1v) is 8.52. The maximum Gasteiger partial charge on any atom is 0.287 e. The summed E-state index contributed by atoms with van der Waals surface area (Å²) in [5.74, 6) is 6.20. The first-order valence-electron chi connectivity index (χ1n) is 8.52. The summed E-state index contributed by atoms with van der Waals surface area (Å²) in [6.45, 7) is 0.517. The molecule has 0 radical (unpaired) electrons. The van der Waals surface area contributed by atoms with Gasteiger partial charge in [0.1, 0.15) is 5.69 Å². The zero-order valence-corrected chi connectivity index (χ0v) is 14.4. The van der Waals surface area contributed by atoms with E-state index in [4.69, 9.17) is 5.73 Å². The summed E-state index contributed by atoms with van der Waals surface area (Å²) in [6.07, 6.45) is 4.62. The summed E-state index contributed by atoms with van der Waals surface area (Å²) in [5, 5.41) is 7.04. The third-order valence-electron chi connectivity index (χ3n) is 4.02. The maximum absolute atomic E-state index is 12.1. The third kappa shape index (κ3) is 3.43. The van der Waals surface area contributed by atoms with Gasteiger partial charge in [-0.1, -0.05) is 18.1 Å². The van der Waals surface area contributed by atoms with Gasteiger partial charge in [-0.25, -0.2) is 14.5 Å². The summed E-state index contributed by atoms with van der Waals surface area (Å²) in [6, 6.07) is 9.23. The van der Waals surface area contributed by atoms with Gasteiger partial charge in [0, 0.05) is 13.0 Å². The monoisotopic (exact) mass is 359 g/mol. The molecule has 0 bridgehead atoms. The molecule has 0 fully saturated rings. The minimum absolute atomic E-state index is 0.222. The highest BCUT2D eigenvalue weighted by atomic mass is 16.2. The van der Waals surface area contributed by atoms with E-state index in [2.05, 4.69) is 37.2 Å². The summed E-state index contributed by atoms with van der Waals surface area (Å²) in [5.41, 5.74) is 9.31. The lowest BCUT2D eigenvalue weighted by Crippen LogP contribution is -2.25. The molecule has 4 aromatic rings. The largest absolute Gasteiger partial charge is 0.396 e. The lowest BCUT2D eigenvalue weighted by Gasteiger charge is -2.00. The number of para-hydroxylation sites is 2. The van der Waals surface area contributed by atoms with Gasteiger partial charge in [-0.3, -0.25) is 4.79 Å². The predicted molar refractivity (Wildman–Crippen MR) is 102 cm³/mol. The number of nitrogen functional groups attached to an aromatic ring is 1. The van der Waals surface area contributed by atoms with Crippen LogP contribution in [0.2, 0.25) is 0 Å². The second kappa shape index (κ2) is 7.17. The molecule has 0 aliphatic carbocycles. The van der Waals surface area contributed by atoms with Crippen molar-refractivity contribution in [1.82, 2.24) is 29.9 Å². The number of amides is 1. The molecular formula is C19H17N7O. The van der Waals surface area contributed by atoms with Crippen molar-refractivity contribution >= 4 is 28.3 Å². The fraction of sp³-hybridized carbons (Fsp3) is 0.158. The van der Waals surface area contributed by atoms with Gasteiger partial charge in [0.05, 0.1) is 29.1 Å². The number of nitrogens with one attached hydrogen (secondary N) is 2. The van der Waals surface area contributed by atoms with E-state index >= 15 is 0 Å². The van der Waals surface area contributed by atoms with Crippen LogP contribution in [0.15, 0.2) is 42.7 Å². The van der Waals surface area contributed by atoms with Crippen molar-refractivity contribution in [2.75, 3.05) is 12.3 Å². The van der Waals surface area contributed by atoms with Crippen LogP contribution in [0.25, 0.3) is 16.7 Å². The lowest BCUT2D eigenvalue weighted by molar-refractivity contribution is 0.0944. The molecule has 0 aliphatic heterocycles. The van der Waals surface area contributed by atoms with E-state index in [9.17, 15) is 4.79 Å². The number of aromatic nitrogens is 5. The number of carbonyl (C=O) groups is 1. The third-order valence-corrected chi connectivity index (χ3v) is 4.02. The molecule has 1 amide bonds. The average molecular weight is 359 g/mol. The molecule has 4 N–H and O–H groups in total. The Morgan fingerprint density at radius 3 is 3.07 bits per heavy atom. The van der Waals surface area contributed by atoms with Gasteiger partial charge in [-0.2, -0.15) is 5.10 Å². The fourth-order valence-corrected chi connectivity index (χ4v) is 2.68. The standard InChI is InChI=1S/C19H17N7O/c20-14-9-11-23-26-13(12-22-18(14)26)6-2-1-5-10-21-19(27)17-24-15-7-3-4-8-16(15)25-17/h3-4,7-9,11-12H,1,5,10,20H2,(H,21,27)(H,24,25). The normalized spacial score (nSPS) is 10.7. The van der Waals surface area contributed by atoms with Gasteiger partial charge >= 0.3 is 0 Å². The minimum Gasteiger partial charge on any atom is -0.396 e. The van der Waals surface area contributed by atoms with E-state index in [0.717, 1.165) is 17.5 Å². The fourth-order valence-electron chi connectivity index (χ4n) is 2.68. The van der Waals surface area contributed by atoms with Crippen LogP contribution in [0.5, 0.6) is 0 Å². The number of aromatic amines is 1. The number of hydrogen-bond acceptors (Lipinski definition) is 5. The Hall–Kier alpha value is -3.86. The van der Waals surface area contributed by atoms with Crippen molar-refractivity contribution in [1.29, 1.82) is 0 Å². The van der Waals surface area contributed by atoms with Crippen molar-refractivity contribution < 1.29 is 4.79 Å². The zero-order valence-electron chi connectivity index (χ0n) is 14.4. The molecule has 8 nitrogen and oxygen atoms in total. The molecule has 3 aromatic heterocycles. The molecule has 8 heteroatoms. The van der Waals surface area contributed by atoms with Crippen LogP contribution in [0.3, 0.4) is 0 Å². The Kier molecular flexibility index (Phi) is 4.41. The lowest BCUT2D eigenvalue weighted by atomic mass is 10.3. The highest BCUT2D eigenvalue weighted by Gasteiger charge is 2.10. The number of H-pyrrole nitrogens is 1. The van der Waals surface area contributed by atoms with E-state index < -0.39 is 0 Å². The minimum atomic E-state index is -0.222. The van der Waals surface area contributed by atoms with Crippen LogP contribution in [0.1, 0.15) is 29.2 Å². The number of hydrogen-bond donors (Lipinski definition) is 3. The van der Waals surface area contributed by atoms with Crippen LogP contribution in [-0.4, -0.2) is 37.0 Å². The van der Waals surface area contributed by atoms with E-state index in [0.29, 0.717) is 35.8 Å². The van der Waals surface area contributed by atoms with Crippen molar-refractivity contribution in [2.24, 2.45) is 0 Å². The van der Waals surface area contributed by atoms with Crippen molar-refractivity contribution in [3.05, 3.63) is 54.2 Å². The highest BCUT2D eigenvalue weighted by molar-refractivity contribution is 5.94. The van der Waals surface area contributed by atoms with Gasteiger partial charge < -0.3 is 16.0 Å². The summed E-state index contributed by atoms with van der Waals surface area (Å²) in [4.78, 5) is 23.6. The van der Waals surface area contributed by atoms with Gasteiger partial charge in [-0.05, 0) is 30.5 Å². The molecular weight excluding hydrogens is 342 g/mol. The summed E-state index contributed by atoms with van der Waals surface area (Å²) < 4.78 is 1.62. The zero-order chi connectivity index (χ0) is 18.6. The molecule has 0 spiro atoms.